The monoisotopic (exact) mass is 362 g/mol. The maximum absolute atomic E-state index is 12.5. The van der Waals surface area contributed by atoms with E-state index in [0.29, 0.717) is 38.4 Å². The van der Waals surface area contributed by atoms with E-state index < -0.39 is 0 Å². The van der Waals surface area contributed by atoms with Crippen LogP contribution in [-0.4, -0.2) is 47.3 Å². The molecule has 3 aromatic rings. The van der Waals surface area contributed by atoms with Crippen molar-refractivity contribution in [2.45, 2.75) is 6.54 Å². The van der Waals surface area contributed by atoms with Gasteiger partial charge in [0.2, 0.25) is 0 Å². The van der Waals surface area contributed by atoms with Crippen LogP contribution in [0.25, 0.3) is 11.3 Å². The summed E-state index contributed by atoms with van der Waals surface area (Å²) in [4.78, 5) is 14.3. The number of rotatable bonds is 5. The van der Waals surface area contributed by atoms with E-state index in [9.17, 15) is 4.79 Å². The van der Waals surface area contributed by atoms with E-state index in [2.05, 4.69) is 27.6 Å². The van der Waals surface area contributed by atoms with Crippen LogP contribution in [0.2, 0.25) is 0 Å². The van der Waals surface area contributed by atoms with Crippen molar-refractivity contribution in [1.82, 2.24) is 15.1 Å². The number of amides is 1. The number of hydrogen-bond acceptors (Lipinski definition) is 4. The third-order valence-corrected chi connectivity index (χ3v) is 4.69. The highest BCUT2D eigenvalue weighted by Crippen LogP contribution is 2.22. The van der Waals surface area contributed by atoms with Crippen LogP contribution in [0.4, 0.5) is 5.69 Å². The fourth-order valence-corrected chi connectivity index (χ4v) is 3.18. The smallest absolute Gasteiger partial charge is 0.254 e. The third kappa shape index (κ3) is 4.01. The molecule has 1 fully saturated rings. The van der Waals surface area contributed by atoms with Gasteiger partial charge in [0.1, 0.15) is 0 Å². The summed E-state index contributed by atoms with van der Waals surface area (Å²) in [6.07, 6.45) is 1.84. The molecule has 27 heavy (non-hydrogen) atoms. The summed E-state index contributed by atoms with van der Waals surface area (Å²) in [5.74, 6) is 0.0612. The lowest BCUT2D eigenvalue weighted by Gasteiger charge is -2.26. The molecule has 0 bridgehead atoms. The van der Waals surface area contributed by atoms with Gasteiger partial charge in [-0.2, -0.15) is 5.10 Å². The molecule has 4 rings (SSSR count). The largest absolute Gasteiger partial charge is 0.381 e. The molecule has 2 N–H and O–H groups in total. The quantitative estimate of drug-likeness (QED) is 0.731. The minimum absolute atomic E-state index is 0.0612. The first kappa shape index (κ1) is 17.3. The number of benzene rings is 2. The predicted molar refractivity (Wildman–Crippen MR) is 105 cm³/mol. The van der Waals surface area contributed by atoms with Gasteiger partial charge in [-0.05, 0) is 29.8 Å². The molecule has 1 aliphatic heterocycles. The Hall–Kier alpha value is -3.12. The van der Waals surface area contributed by atoms with E-state index in [1.54, 1.807) is 0 Å². The number of carbonyl (C=O) groups is 1. The van der Waals surface area contributed by atoms with E-state index in [1.165, 1.54) is 0 Å². The molecule has 2 heterocycles. The van der Waals surface area contributed by atoms with E-state index >= 15 is 0 Å². The molecule has 1 aliphatic rings. The second-order valence-corrected chi connectivity index (χ2v) is 6.47. The highest BCUT2D eigenvalue weighted by atomic mass is 16.5. The first-order chi connectivity index (χ1) is 13.3. The number of ether oxygens (including phenoxy) is 1. The highest BCUT2D eigenvalue weighted by molar-refractivity contribution is 5.94. The zero-order valence-electron chi connectivity index (χ0n) is 15.0. The van der Waals surface area contributed by atoms with Gasteiger partial charge in [0.25, 0.3) is 5.91 Å². The molecule has 0 radical (unpaired) electrons. The molecule has 6 nitrogen and oxygen atoms in total. The number of nitrogens with zero attached hydrogens (tertiary/aromatic N) is 2. The molecule has 1 amide bonds. The molecule has 138 valence electrons. The van der Waals surface area contributed by atoms with E-state index in [-0.39, 0.29) is 5.91 Å². The van der Waals surface area contributed by atoms with Crippen LogP contribution in [0, 0.1) is 0 Å². The van der Waals surface area contributed by atoms with E-state index in [4.69, 9.17) is 4.74 Å². The number of anilines is 1. The minimum atomic E-state index is 0.0612. The van der Waals surface area contributed by atoms with Gasteiger partial charge in [-0.15, -0.1) is 0 Å². The molecule has 2 aromatic carbocycles. The zero-order chi connectivity index (χ0) is 18.5. The highest BCUT2D eigenvalue weighted by Gasteiger charge is 2.18. The fourth-order valence-electron chi connectivity index (χ4n) is 3.18. The topological polar surface area (TPSA) is 70.2 Å². The number of carbonyl (C=O) groups excluding carboxylic acids is 1. The Kier molecular flexibility index (Phi) is 5.16. The normalized spacial score (nSPS) is 14.1. The van der Waals surface area contributed by atoms with E-state index in [0.717, 1.165) is 22.5 Å². The maximum atomic E-state index is 12.5. The SMILES string of the molecule is O=C(c1ccc(NCc2cn[nH]c2-c2ccccc2)cc1)N1CCOCC1. The van der Waals surface area contributed by atoms with Gasteiger partial charge in [-0.25, -0.2) is 0 Å². The second kappa shape index (κ2) is 8.05. The first-order valence-electron chi connectivity index (χ1n) is 9.10. The van der Waals surface area contributed by atoms with Crippen molar-refractivity contribution in [3.05, 3.63) is 71.9 Å². The summed E-state index contributed by atoms with van der Waals surface area (Å²) >= 11 is 0. The Morgan fingerprint density at radius 2 is 1.81 bits per heavy atom. The Bertz CT molecular complexity index is 884. The van der Waals surface area contributed by atoms with Crippen LogP contribution < -0.4 is 5.32 Å². The van der Waals surface area contributed by atoms with Crippen LogP contribution in [-0.2, 0) is 11.3 Å². The number of hydrogen-bond donors (Lipinski definition) is 2. The van der Waals surface area contributed by atoms with Crippen molar-refractivity contribution in [3.63, 3.8) is 0 Å². The molecule has 0 saturated carbocycles. The van der Waals surface area contributed by atoms with Crippen molar-refractivity contribution in [3.8, 4) is 11.3 Å². The zero-order valence-corrected chi connectivity index (χ0v) is 15.0. The summed E-state index contributed by atoms with van der Waals surface area (Å²) < 4.78 is 5.30. The standard InChI is InChI=1S/C21H22N4O2/c26-21(25-10-12-27-13-11-25)17-6-8-19(9-7-17)22-14-18-15-23-24-20(18)16-4-2-1-3-5-16/h1-9,15,22H,10-14H2,(H,23,24). The number of H-pyrrole nitrogens is 1. The molecule has 6 heteroatoms. The predicted octanol–water partition coefficient (Wildman–Crippen LogP) is 3.16. The third-order valence-electron chi connectivity index (χ3n) is 4.69. The number of aromatic nitrogens is 2. The summed E-state index contributed by atoms with van der Waals surface area (Å²) in [5, 5.41) is 10.6. The fraction of sp³-hybridized carbons (Fsp3) is 0.238. The molecule has 0 unspecified atom stereocenters. The van der Waals surface area contributed by atoms with Crippen LogP contribution in [0.3, 0.4) is 0 Å². The van der Waals surface area contributed by atoms with Crippen molar-refractivity contribution in [2.24, 2.45) is 0 Å². The number of morpholine rings is 1. The van der Waals surface area contributed by atoms with Crippen molar-refractivity contribution >= 4 is 11.6 Å². The lowest BCUT2D eigenvalue weighted by molar-refractivity contribution is 0.0303. The van der Waals surface area contributed by atoms with Crippen LogP contribution >= 0.6 is 0 Å². The second-order valence-electron chi connectivity index (χ2n) is 6.47. The van der Waals surface area contributed by atoms with Crippen molar-refractivity contribution in [2.75, 3.05) is 31.6 Å². The first-order valence-corrected chi connectivity index (χ1v) is 9.10. The maximum Gasteiger partial charge on any atom is 0.254 e. The Labute approximate surface area is 158 Å². The summed E-state index contributed by atoms with van der Waals surface area (Å²) in [7, 11) is 0. The molecular weight excluding hydrogens is 340 g/mol. The van der Waals surface area contributed by atoms with Gasteiger partial charge in [0, 0.05) is 36.4 Å². The molecule has 0 atom stereocenters. The summed E-state index contributed by atoms with van der Waals surface area (Å²) in [6.45, 7) is 3.18. The average Bonchev–Trinajstić information content (AvgIpc) is 3.22. The van der Waals surface area contributed by atoms with Gasteiger partial charge in [0.05, 0.1) is 25.1 Å². The van der Waals surface area contributed by atoms with Crippen LogP contribution in [0.5, 0.6) is 0 Å². The Morgan fingerprint density at radius 3 is 2.56 bits per heavy atom. The molecule has 1 aromatic heterocycles. The Balaban J connectivity index is 1.40. The van der Waals surface area contributed by atoms with Gasteiger partial charge >= 0.3 is 0 Å². The van der Waals surface area contributed by atoms with Crippen molar-refractivity contribution < 1.29 is 9.53 Å². The van der Waals surface area contributed by atoms with Gasteiger partial charge in [0.15, 0.2) is 0 Å². The number of aromatic amines is 1. The summed E-state index contributed by atoms with van der Waals surface area (Å²) in [6, 6.07) is 17.8. The minimum Gasteiger partial charge on any atom is -0.381 e. The van der Waals surface area contributed by atoms with Crippen LogP contribution in [0.1, 0.15) is 15.9 Å². The molecule has 0 spiro atoms. The van der Waals surface area contributed by atoms with Crippen LogP contribution in [0.15, 0.2) is 60.8 Å². The Morgan fingerprint density at radius 1 is 1.07 bits per heavy atom. The average molecular weight is 362 g/mol. The molecule has 1 saturated heterocycles. The molecule has 0 aliphatic carbocycles. The van der Waals surface area contributed by atoms with Gasteiger partial charge in [-0.3, -0.25) is 9.89 Å². The van der Waals surface area contributed by atoms with Gasteiger partial charge in [-0.1, -0.05) is 30.3 Å². The molecular formula is C21H22N4O2. The number of nitrogens with one attached hydrogen (secondary N) is 2. The lowest BCUT2D eigenvalue weighted by Crippen LogP contribution is -2.40. The van der Waals surface area contributed by atoms with Crippen molar-refractivity contribution in [1.29, 1.82) is 0 Å². The van der Waals surface area contributed by atoms with E-state index in [1.807, 2.05) is 53.6 Å². The summed E-state index contributed by atoms with van der Waals surface area (Å²) in [5.41, 5.74) is 4.89. The van der Waals surface area contributed by atoms with Gasteiger partial charge < -0.3 is 15.0 Å². The lowest BCUT2D eigenvalue weighted by atomic mass is 10.1.